The molecule has 1 N–H and O–H groups in total. The summed E-state index contributed by atoms with van der Waals surface area (Å²) in [7, 11) is 0. The highest BCUT2D eigenvalue weighted by Crippen LogP contribution is 2.26. The zero-order valence-electron chi connectivity index (χ0n) is 12.4. The number of hydrogen-bond donors (Lipinski definition) is 1. The molecular formula is C17H23FN2O. The summed E-state index contributed by atoms with van der Waals surface area (Å²) in [5.74, 6) is 0.240. The third kappa shape index (κ3) is 3.43. The summed E-state index contributed by atoms with van der Waals surface area (Å²) < 4.78 is 13.3. The molecule has 1 amide bonds. The number of halogens is 1. The molecule has 2 aliphatic rings. The number of nitrogens with zero attached hydrogens (tertiary/aromatic N) is 1. The van der Waals surface area contributed by atoms with Gasteiger partial charge < -0.3 is 10.2 Å². The predicted octanol–water partition coefficient (Wildman–Crippen LogP) is 2.36. The van der Waals surface area contributed by atoms with Gasteiger partial charge in [0.15, 0.2) is 0 Å². The third-order valence-electron chi connectivity index (χ3n) is 4.71. The average molecular weight is 290 g/mol. The van der Waals surface area contributed by atoms with Gasteiger partial charge in [-0.15, -0.1) is 0 Å². The zero-order chi connectivity index (χ0) is 14.7. The van der Waals surface area contributed by atoms with E-state index in [2.05, 4.69) is 10.2 Å². The summed E-state index contributed by atoms with van der Waals surface area (Å²) in [5.41, 5.74) is 0.970. The van der Waals surface area contributed by atoms with Crippen molar-refractivity contribution in [3.05, 3.63) is 35.6 Å². The maximum atomic E-state index is 13.3. The molecule has 1 heterocycles. The van der Waals surface area contributed by atoms with E-state index in [1.54, 1.807) is 12.1 Å². The number of hydrogen-bond acceptors (Lipinski definition) is 2. The van der Waals surface area contributed by atoms with E-state index >= 15 is 0 Å². The molecule has 0 aromatic heterocycles. The number of benzene rings is 1. The van der Waals surface area contributed by atoms with E-state index in [9.17, 15) is 9.18 Å². The van der Waals surface area contributed by atoms with Gasteiger partial charge in [0.05, 0.1) is 5.92 Å². The lowest BCUT2D eigenvalue weighted by atomic mass is 9.99. The van der Waals surface area contributed by atoms with Gasteiger partial charge in [0.25, 0.3) is 0 Å². The van der Waals surface area contributed by atoms with Crippen LogP contribution < -0.4 is 5.32 Å². The van der Waals surface area contributed by atoms with E-state index in [1.807, 2.05) is 6.07 Å². The molecule has 1 aliphatic heterocycles. The molecule has 1 aliphatic carbocycles. The van der Waals surface area contributed by atoms with E-state index in [-0.39, 0.29) is 17.6 Å². The molecule has 21 heavy (non-hydrogen) atoms. The van der Waals surface area contributed by atoms with Crippen LogP contribution in [0.5, 0.6) is 0 Å². The highest BCUT2D eigenvalue weighted by molar-refractivity contribution is 5.80. The molecule has 2 fully saturated rings. The summed E-state index contributed by atoms with van der Waals surface area (Å²) >= 11 is 0. The lowest BCUT2D eigenvalue weighted by Gasteiger charge is -2.36. The van der Waals surface area contributed by atoms with Crippen LogP contribution >= 0.6 is 0 Å². The Morgan fingerprint density at radius 3 is 2.67 bits per heavy atom. The van der Waals surface area contributed by atoms with Crippen LogP contribution in [0.3, 0.4) is 0 Å². The predicted molar refractivity (Wildman–Crippen MR) is 80.4 cm³/mol. The van der Waals surface area contributed by atoms with Crippen molar-refractivity contribution in [3.63, 3.8) is 0 Å². The van der Waals surface area contributed by atoms with Crippen LogP contribution in [0.1, 0.15) is 31.2 Å². The Morgan fingerprint density at radius 2 is 2.05 bits per heavy atom. The first-order chi connectivity index (χ1) is 10.2. The lowest BCUT2D eigenvalue weighted by molar-refractivity contribution is -0.139. The van der Waals surface area contributed by atoms with E-state index in [0.717, 1.165) is 37.9 Å². The molecular weight excluding hydrogens is 267 g/mol. The van der Waals surface area contributed by atoms with Crippen molar-refractivity contribution < 1.29 is 9.18 Å². The maximum Gasteiger partial charge on any atom is 0.228 e. The zero-order valence-corrected chi connectivity index (χ0v) is 12.4. The number of carbonyl (C=O) groups excluding carboxylic acids is 1. The first-order valence-corrected chi connectivity index (χ1v) is 7.99. The quantitative estimate of drug-likeness (QED) is 0.903. The number of amides is 1. The van der Waals surface area contributed by atoms with Crippen molar-refractivity contribution in [1.82, 2.24) is 10.2 Å². The first-order valence-electron chi connectivity index (χ1n) is 7.99. The molecule has 3 rings (SSSR count). The summed E-state index contributed by atoms with van der Waals surface area (Å²) in [6.45, 7) is 2.33. The van der Waals surface area contributed by atoms with E-state index in [4.69, 9.17) is 0 Å². The molecule has 1 saturated heterocycles. The van der Waals surface area contributed by atoms with Gasteiger partial charge in [0.2, 0.25) is 5.91 Å². The Kier molecular flexibility index (Phi) is 4.54. The molecule has 3 nitrogen and oxygen atoms in total. The Labute approximate surface area is 125 Å². The highest BCUT2D eigenvalue weighted by Gasteiger charge is 2.33. The van der Waals surface area contributed by atoms with Crippen molar-refractivity contribution in [2.75, 3.05) is 19.6 Å². The standard InChI is InChI=1S/C17H23FN2O/c18-15-5-3-4-13(10-15)8-9-20(16-6-1-2-7-16)17(21)14-11-19-12-14/h3-5,10,14,16,19H,1-2,6-9,11-12H2. The van der Waals surface area contributed by atoms with Crippen molar-refractivity contribution in [3.8, 4) is 0 Å². The van der Waals surface area contributed by atoms with Crippen molar-refractivity contribution >= 4 is 5.91 Å². The number of rotatable bonds is 5. The molecule has 0 radical (unpaired) electrons. The minimum Gasteiger partial charge on any atom is -0.339 e. The van der Waals surface area contributed by atoms with Gasteiger partial charge in [-0.25, -0.2) is 4.39 Å². The fourth-order valence-corrected chi connectivity index (χ4v) is 3.33. The molecule has 1 aromatic rings. The Hall–Kier alpha value is -1.42. The third-order valence-corrected chi connectivity index (χ3v) is 4.71. The Morgan fingerprint density at radius 1 is 1.29 bits per heavy atom. The van der Waals surface area contributed by atoms with Gasteiger partial charge in [-0.2, -0.15) is 0 Å². The smallest absolute Gasteiger partial charge is 0.228 e. The molecule has 0 unspecified atom stereocenters. The molecule has 0 bridgehead atoms. The molecule has 0 atom stereocenters. The molecule has 114 valence electrons. The summed E-state index contributed by atoms with van der Waals surface area (Å²) in [4.78, 5) is 14.7. The van der Waals surface area contributed by atoms with Crippen LogP contribution in [0.4, 0.5) is 4.39 Å². The Balaban J connectivity index is 1.65. The van der Waals surface area contributed by atoms with Gasteiger partial charge in [0, 0.05) is 25.7 Å². The van der Waals surface area contributed by atoms with Crippen molar-refractivity contribution in [1.29, 1.82) is 0 Å². The van der Waals surface area contributed by atoms with Gasteiger partial charge >= 0.3 is 0 Å². The van der Waals surface area contributed by atoms with Crippen LogP contribution in [0.15, 0.2) is 24.3 Å². The maximum absolute atomic E-state index is 13.3. The minimum atomic E-state index is -0.200. The second-order valence-electron chi connectivity index (χ2n) is 6.21. The van der Waals surface area contributed by atoms with Crippen LogP contribution in [-0.4, -0.2) is 36.5 Å². The monoisotopic (exact) mass is 290 g/mol. The van der Waals surface area contributed by atoms with Gasteiger partial charge in [0.1, 0.15) is 5.82 Å². The summed E-state index contributed by atoms with van der Waals surface area (Å²) in [6.07, 6.45) is 5.42. The Bertz CT molecular complexity index is 495. The number of nitrogens with one attached hydrogen (secondary N) is 1. The molecule has 1 aromatic carbocycles. The largest absolute Gasteiger partial charge is 0.339 e. The molecule has 0 spiro atoms. The highest BCUT2D eigenvalue weighted by atomic mass is 19.1. The topological polar surface area (TPSA) is 32.3 Å². The molecule has 1 saturated carbocycles. The number of carbonyl (C=O) groups is 1. The lowest BCUT2D eigenvalue weighted by Crippen LogP contribution is -2.54. The fraction of sp³-hybridized carbons (Fsp3) is 0.588. The first kappa shape index (κ1) is 14.5. The van der Waals surface area contributed by atoms with Crippen LogP contribution in [0, 0.1) is 11.7 Å². The van der Waals surface area contributed by atoms with E-state index in [1.165, 1.54) is 18.9 Å². The van der Waals surface area contributed by atoms with Gasteiger partial charge in [-0.1, -0.05) is 25.0 Å². The van der Waals surface area contributed by atoms with E-state index in [0.29, 0.717) is 12.6 Å². The van der Waals surface area contributed by atoms with Gasteiger partial charge in [-0.3, -0.25) is 4.79 Å². The van der Waals surface area contributed by atoms with Gasteiger partial charge in [-0.05, 0) is 37.0 Å². The van der Waals surface area contributed by atoms with Crippen molar-refractivity contribution in [2.45, 2.75) is 38.1 Å². The summed E-state index contributed by atoms with van der Waals surface area (Å²) in [5, 5.41) is 3.17. The van der Waals surface area contributed by atoms with Crippen LogP contribution in [0.2, 0.25) is 0 Å². The normalized spacial score (nSPS) is 19.5. The fourth-order valence-electron chi connectivity index (χ4n) is 3.33. The minimum absolute atomic E-state index is 0.151. The van der Waals surface area contributed by atoms with Crippen LogP contribution in [-0.2, 0) is 11.2 Å². The summed E-state index contributed by atoms with van der Waals surface area (Å²) in [6, 6.07) is 7.10. The second-order valence-corrected chi connectivity index (χ2v) is 6.21. The second kappa shape index (κ2) is 6.56. The SMILES string of the molecule is O=C(C1CNC1)N(CCc1cccc(F)c1)C1CCCC1. The molecule has 4 heteroatoms. The van der Waals surface area contributed by atoms with E-state index < -0.39 is 0 Å². The average Bonchev–Trinajstić information content (AvgIpc) is 2.91. The van der Waals surface area contributed by atoms with Crippen molar-refractivity contribution in [2.24, 2.45) is 5.92 Å². The van der Waals surface area contributed by atoms with Crippen LogP contribution in [0.25, 0.3) is 0 Å².